The van der Waals surface area contributed by atoms with Gasteiger partial charge in [0.05, 0.1) is 55.8 Å². The van der Waals surface area contributed by atoms with Gasteiger partial charge in [-0.1, -0.05) is 227 Å². The minimum atomic E-state index is -0.227. The third-order valence-electron chi connectivity index (χ3n) is 19.7. The van der Waals surface area contributed by atoms with Crippen molar-refractivity contribution in [3.63, 3.8) is 0 Å². The minimum absolute atomic E-state index is 0.146. The monoisotopic (exact) mass is 1080 g/mol. The Morgan fingerprint density at radius 2 is 0.679 bits per heavy atom. The van der Waals surface area contributed by atoms with Crippen molar-refractivity contribution < 1.29 is 0 Å². The fourth-order valence-electron chi connectivity index (χ4n) is 16.2. The average Bonchev–Trinajstić information content (AvgIpc) is 1.53. The van der Waals surface area contributed by atoms with Gasteiger partial charge in [-0.2, -0.15) is 0 Å². The van der Waals surface area contributed by atoms with Gasteiger partial charge in [0.1, 0.15) is 0 Å². The Labute approximate surface area is 491 Å². The maximum absolute atomic E-state index is 2.67. The van der Waals surface area contributed by atoms with Crippen LogP contribution in [0.5, 0.6) is 0 Å². The molecule has 0 atom stereocenters. The summed E-state index contributed by atoms with van der Waals surface area (Å²) in [6.07, 6.45) is 0. The van der Waals surface area contributed by atoms with E-state index in [9.17, 15) is 0 Å². The van der Waals surface area contributed by atoms with E-state index in [4.69, 9.17) is 0 Å². The molecule has 17 rings (SSSR count). The number of aromatic nitrogens is 2. The van der Waals surface area contributed by atoms with Crippen LogP contribution in [0.3, 0.4) is 0 Å². The molecule has 15 aromatic rings. The maximum Gasteiger partial charge on any atom is 0.0641 e. The summed E-state index contributed by atoms with van der Waals surface area (Å²) in [5.41, 5.74) is 27.3. The van der Waals surface area contributed by atoms with Gasteiger partial charge in [-0.25, -0.2) is 0 Å². The van der Waals surface area contributed by atoms with E-state index in [0.29, 0.717) is 0 Å². The molecule has 2 aliphatic carbocycles. The number of para-hydroxylation sites is 4. The van der Waals surface area contributed by atoms with E-state index < -0.39 is 0 Å². The molecule has 0 spiro atoms. The highest BCUT2D eigenvalue weighted by Crippen LogP contribution is 2.59. The predicted molar refractivity (Wildman–Crippen MR) is 358 cm³/mol. The Morgan fingerprint density at radius 3 is 1.08 bits per heavy atom. The Balaban J connectivity index is 0.988. The molecule has 0 N–H and O–H groups in total. The van der Waals surface area contributed by atoms with Gasteiger partial charge in [0.15, 0.2) is 0 Å². The van der Waals surface area contributed by atoms with Crippen LogP contribution in [0.2, 0.25) is 0 Å². The smallest absolute Gasteiger partial charge is 0.0641 e. The molecular weight excluding hydrogens is 1020 g/mol. The SMILES string of the molecule is CC(C)(C)c1cccc2c3c(N(c4ccccc4)c4cccc5c4C(C)(C)c4ccccc4-5)ccc4c5cc6c(cc5n(c12)c43)c1ccc(N(c2ccccc2)c2cccc3c2C(C)(C)c2ccccc2-3)c2c3cccc(C(C)(C)C)c3n6c12. The van der Waals surface area contributed by atoms with Gasteiger partial charge in [-0.05, 0) is 127 Å². The van der Waals surface area contributed by atoms with Crippen LogP contribution in [-0.2, 0) is 21.7 Å². The normalized spacial score (nSPS) is 14.5. The first kappa shape index (κ1) is 49.2. The van der Waals surface area contributed by atoms with E-state index >= 15 is 0 Å². The molecule has 0 unspecified atom stereocenters. The van der Waals surface area contributed by atoms with Crippen molar-refractivity contribution in [1.29, 1.82) is 0 Å². The number of hydrogen-bond donors (Lipinski definition) is 0. The Hall–Kier alpha value is -9.38. The highest BCUT2D eigenvalue weighted by atomic mass is 15.2. The largest absolute Gasteiger partial charge is 0.309 e. The van der Waals surface area contributed by atoms with E-state index in [2.05, 4.69) is 306 Å². The van der Waals surface area contributed by atoms with Gasteiger partial charge >= 0.3 is 0 Å². The van der Waals surface area contributed by atoms with Gasteiger partial charge in [0.25, 0.3) is 0 Å². The molecule has 4 heteroatoms. The molecule has 11 aromatic carbocycles. The van der Waals surface area contributed by atoms with Crippen molar-refractivity contribution in [3.8, 4) is 22.3 Å². The molecule has 4 nitrogen and oxygen atoms in total. The highest BCUT2D eigenvalue weighted by Gasteiger charge is 2.42. The Kier molecular flexibility index (Phi) is 9.77. The third kappa shape index (κ3) is 6.33. The quantitative estimate of drug-likeness (QED) is 0.165. The van der Waals surface area contributed by atoms with E-state index in [0.717, 1.165) is 11.4 Å². The molecule has 0 radical (unpaired) electrons. The lowest BCUT2D eigenvalue weighted by Gasteiger charge is -2.32. The van der Waals surface area contributed by atoms with E-state index in [1.54, 1.807) is 0 Å². The highest BCUT2D eigenvalue weighted by molar-refractivity contribution is 6.33. The Bertz CT molecular complexity index is 4940. The van der Waals surface area contributed by atoms with E-state index in [-0.39, 0.29) is 21.7 Å². The Morgan fingerprint density at radius 1 is 0.310 bits per heavy atom. The van der Waals surface area contributed by atoms with Crippen molar-refractivity contribution in [2.45, 2.75) is 90.9 Å². The first-order valence-electron chi connectivity index (χ1n) is 30.1. The fourth-order valence-corrected chi connectivity index (χ4v) is 16.2. The number of rotatable bonds is 6. The van der Waals surface area contributed by atoms with E-state index in [1.165, 1.54) is 155 Å². The zero-order valence-electron chi connectivity index (χ0n) is 49.6. The van der Waals surface area contributed by atoms with Crippen LogP contribution in [0.15, 0.2) is 218 Å². The van der Waals surface area contributed by atoms with Gasteiger partial charge < -0.3 is 18.6 Å². The lowest BCUT2D eigenvalue weighted by atomic mass is 9.81. The summed E-state index contributed by atoms with van der Waals surface area (Å²) in [5, 5.41) is 10.1. The lowest BCUT2D eigenvalue weighted by Crippen LogP contribution is -2.20. The number of fused-ring (bicyclic) bond motifs is 18. The summed E-state index contributed by atoms with van der Waals surface area (Å²) in [6, 6.07) is 83.2. The number of anilines is 6. The van der Waals surface area contributed by atoms with Gasteiger partial charge in [0.2, 0.25) is 0 Å². The first-order valence-corrected chi connectivity index (χ1v) is 30.1. The second kappa shape index (κ2) is 16.7. The van der Waals surface area contributed by atoms with Crippen LogP contribution >= 0.6 is 0 Å². The third-order valence-corrected chi connectivity index (χ3v) is 19.7. The summed E-state index contributed by atoms with van der Waals surface area (Å²) in [4.78, 5) is 5.16. The molecule has 0 bridgehead atoms. The number of nitrogens with zero attached hydrogens (tertiary/aromatic N) is 4. The lowest BCUT2D eigenvalue weighted by molar-refractivity contribution is 0.594. The van der Waals surface area contributed by atoms with Crippen molar-refractivity contribution in [2.24, 2.45) is 0 Å². The molecule has 4 heterocycles. The fraction of sp³-hybridized carbons (Fsp3) is 0.175. The van der Waals surface area contributed by atoms with Crippen molar-refractivity contribution in [2.75, 3.05) is 9.80 Å². The number of hydrogen-bond acceptors (Lipinski definition) is 2. The van der Waals surface area contributed by atoms with Crippen molar-refractivity contribution in [1.82, 2.24) is 8.80 Å². The first-order chi connectivity index (χ1) is 40.5. The zero-order valence-corrected chi connectivity index (χ0v) is 49.6. The summed E-state index contributed by atoms with van der Waals surface area (Å²) in [5.74, 6) is 0. The molecular formula is C80H66N4. The predicted octanol–water partition coefficient (Wildman–Crippen LogP) is 22.1. The summed E-state index contributed by atoms with van der Waals surface area (Å²) in [7, 11) is 0. The summed E-state index contributed by atoms with van der Waals surface area (Å²) < 4.78 is 5.34. The van der Waals surface area contributed by atoms with Crippen LogP contribution in [0.25, 0.3) is 98.4 Å². The van der Waals surface area contributed by atoms with Crippen LogP contribution in [0.1, 0.15) is 103 Å². The topological polar surface area (TPSA) is 15.3 Å². The standard InChI is InChI=1S/C80H66N4/c1-77(2,3)61-37-21-33-55-69-63(81(47-25-13-11-14-26-47)65-39-23-31-51-49-29-17-19-35-59(49)79(7,8)71(51)65)43-41-53-57-46-68-58(45-67(57)83(73(55)61)75(53)69)54-42-44-64(70-56-34-22-38-62(78(4,5)6)74(56)84(68)76(54)70)82(48-27-15-12-16-28-48)66-40-24-32-52-50-30-18-20-36-60(50)80(9,10)72(52)66/h11-46H,1-10H3. The molecule has 0 aliphatic heterocycles. The molecule has 0 fully saturated rings. The van der Waals surface area contributed by atoms with Crippen LogP contribution in [-0.4, -0.2) is 8.80 Å². The second-order valence-corrected chi connectivity index (χ2v) is 27.3. The molecule has 0 saturated heterocycles. The van der Waals surface area contributed by atoms with Crippen LogP contribution < -0.4 is 9.80 Å². The minimum Gasteiger partial charge on any atom is -0.309 e. The van der Waals surface area contributed by atoms with Crippen molar-refractivity contribution in [3.05, 3.63) is 252 Å². The molecule has 0 saturated carbocycles. The molecule has 0 amide bonds. The molecule has 84 heavy (non-hydrogen) atoms. The molecule has 2 aliphatic rings. The maximum atomic E-state index is 2.67. The second-order valence-electron chi connectivity index (χ2n) is 27.3. The molecule has 4 aromatic heterocycles. The van der Waals surface area contributed by atoms with Crippen LogP contribution in [0.4, 0.5) is 34.1 Å². The van der Waals surface area contributed by atoms with E-state index in [1.807, 2.05) is 0 Å². The van der Waals surface area contributed by atoms with Gasteiger partial charge in [0, 0.05) is 65.3 Å². The average molecular weight is 1080 g/mol. The van der Waals surface area contributed by atoms with Gasteiger partial charge in [-0.15, -0.1) is 0 Å². The van der Waals surface area contributed by atoms with Crippen molar-refractivity contribution >= 4 is 110 Å². The molecule has 406 valence electrons. The summed E-state index contributed by atoms with van der Waals surface area (Å²) >= 11 is 0. The zero-order chi connectivity index (χ0) is 57.1. The van der Waals surface area contributed by atoms with Crippen LogP contribution in [0, 0.1) is 0 Å². The van der Waals surface area contributed by atoms with Gasteiger partial charge in [-0.3, -0.25) is 0 Å². The summed E-state index contributed by atoms with van der Waals surface area (Å²) in [6.45, 7) is 23.9. The number of benzene rings is 11.